The Bertz CT molecular complexity index is 386. The lowest BCUT2D eigenvalue weighted by Gasteiger charge is -2.24. The van der Waals surface area contributed by atoms with Crippen molar-refractivity contribution in [3.05, 3.63) is 23.8 Å². The van der Waals surface area contributed by atoms with Gasteiger partial charge in [-0.3, -0.25) is 0 Å². The van der Waals surface area contributed by atoms with Crippen LogP contribution < -0.4 is 9.47 Å². The number of benzene rings is 1. The molecule has 2 nitrogen and oxygen atoms in total. The van der Waals surface area contributed by atoms with Gasteiger partial charge in [0.15, 0.2) is 0 Å². The van der Waals surface area contributed by atoms with Crippen LogP contribution in [0, 0.1) is 5.92 Å². The molecule has 0 saturated heterocycles. The fourth-order valence-corrected chi connectivity index (χ4v) is 3.83. The van der Waals surface area contributed by atoms with E-state index in [-0.39, 0.29) is 0 Å². The van der Waals surface area contributed by atoms with E-state index in [1.807, 2.05) is 12.1 Å². The molecular formula is C15H21BrO2. The zero-order valence-electron chi connectivity index (χ0n) is 11.1. The van der Waals surface area contributed by atoms with Crippen molar-refractivity contribution < 1.29 is 9.47 Å². The highest BCUT2D eigenvalue weighted by Gasteiger charge is 2.27. The summed E-state index contributed by atoms with van der Waals surface area (Å²) in [6.07, 6.45) is 5.38. The number of alkyl halides is 1. The molecule has 3 heteroatoms. The molecule has 100 valence electrons. The Hall–Kier alpha value is -0.700. The van der Waals surface area contributed by atoms with Crippen LogP contribution in [0.4, 0.5) is 0 Å². The van der Waals surface area contributed by atoms with E-state index in [4.69, 9.17) is 9.47 Å². The van der Waals surface area contributed by atoms with Gasteiger partial charge in [-0.1, -0.05) is 28.8 Å². The van der Waals surface area contributed by atoms with E-state index in [2.05, 4.69) is 22.0 Å². The molecule has 0 amide bonds. The van der Waals surface area contributed by atoms with Crippen LogP contribution in [0.25, 0.3) is 0 Å². The Morgan fingerprint density at radius 3 is 2.50 bits per heavy atom. The average molecular weight is 313 g/mol. The van der Waals surface area contributed by atoms with Gasteiger partial charge in [0.1, 0.15) is 11.5 Å². The van der Waals surface area contributed by atoms with Gasteiger partial charge < -0.3 is 9.47 Å². The zero-order valence-corrected chi connectivity index (χ0v) is 12.7. The van der Waals surface area contributed by atoms with Crippen LogP contribution in [0.3, 0.4) is 0 Å². The molecule has 0 bridgehead atoms. The number of halogens is 1. The van der Waals surface area contributed by atoms with Gasteiger partial charge in [0.05, 0.1) is 14.2 Å². The molecule has 0 N–H and O–H groups in total. The Morgan fingerprint density at radius 2 is 1.94 bits per heavy atom. The van der Waals surface area contributed by atoms with Crippen LogP contribution in [-0.4, -0.2) is 19.5 Å². The van der Waals surface area contributed by atoms with Crippen molar-refractivity contribution in [1.29, 1.82) is 0 Å². The predicted octanol–water partition coefficient (Wildman–Crippen LogP) is 4.37. The first-order valence-corrected chi connectivity index (χ1v) is 7.70. The summed E-state index contributed by atoms with van der Waals surface area (Å²) in [6.45, 7) is 0. The van der Waals surface area contributed by atoms with E-state index in [0.29, 0.717) is 5.92 Å². The number of rotatable bonds is 5. The van der Waals surface area contributed by atoms with Crippen LogP contribution in [-0.2, 0) is 0 Å². The summed E-state index contributed by atoms with van der Waals surface area (Å²) in [6, 6.07) is 6.10. The molecule has 1 aliphatic carbocycles. The second kappa shape index (κ2) is 6.46. The first-order valence-electron chi connectivity index (χ1n) is 6.58. The molecular weight excluding hydrogens is 292 g/mol. The summed E-state index contributed by atoms with van der Waals surface area (Å²) in [4.78, 5) is 0. The molecule has 1 saturated carbocycles. The van der Waals surface area contributed by atoms with Crippen LogP contribution in [0.2, 0.25) is 0 Å². The minimum atomic E-state index is 0.526. The van der Waals surface area contributed by atoms with Gasteiger partial charge in [-0.05, 0) is 37.0 Å². The monoisotopic (exact) mass is 312 g/mol. The van der Waals surface area contributed by atoms with Crippen molar-refractivity contribution in [2.24, 2.45) is 5.92 Å². The first-order chi connectivity index (χ1) is 8.80. The van der Waals surface area contributed by atoms with E-state index in [1.165, 1.54) is 31.2 Å². The number of hydrogen-bond acceptors (Lipinski definition) is 2. The molecule has 2 rings (SSSR count). The highest BCUT2D eigenvalue weighted by atomic mass is 79.9. The number of ether oxygens (including phenoxy) is 2. The van der Waals surface area contributed by atoms with E-state index < -0.39 is 0 Å². The standard InChI is InChI=1S/C15H21BrO2/c1-17-12-7-8-15(18-2)13(9-12)14(10-16)11-5-3-4-6-11/h7-9,11,14H,3-6,10H2,1-2H3. The molecule has 1 aromatic carbocycles. The Kier molecular flexibility index (Phi) is 4.93. The lowest BCUT2D eigenvalue weighted by atomic mass is 9.86. The average Bonchev–Trinajstić information content (AvgIpc) is 2.93. The minimum absolute atomic E-state index is 0.526. The third-order valence-electron chi connectivity index (χ3n) is 3.97. The quantitative estimate of drug-likeness (QED) is 0.751. The minimum Gasteiger partial charge on any atom is -0.497 e. The van der Waals surface area contributed by atoms with Crippen LogP contribution in [0.15, 0.2) is 18.2 Å². The van der Waals surface area contributed by atoms with Crippen molar-refractivity contribution in [3.63, 3.8) is 0 Å². The van der Waals surface area contributed by atoms with Gasteiger partial charge in [-0.2, -0.15) is 0 Å². The molecule has 1 unspecified atom stereocenters. The summed E-state index contributed by atoms with van der Waals surface area (Å²) >= 11 is 3.68. The highest BCUT2D eigenvalue weighted by molar-refractivity contribution is 9.09. The highest BCUT2D eigenvalue weighted by Crippen LogP contribution is 2.42. The van der Waals surface area contributed by atoms with Gasteiger partial charge in [-0.15, -0.1) is 0 Å². The van der Waals surface area contributed by atoms with Gasteiger partial charge in [0.2, 0.25) is 0 Å². The normalized spacial score (nSPS) is 17.7. The fourth-order valence-electron chi connectivity index (χ4n) is 2.95. The molecule has 18 heavy (non-hydrogen) atoms. The number of methoxy groups -OCH3 is 2. The zero-order chi connectivity index (χ0) is 13.0. The smallest absolute Gasteiger partial charge is 0.122 e. The second-order valence-electron chi connectivity index (χ2n) is 4.91. The van der Waals surface area contributed by atoms with Crippen molar-refractivity contribution in [2.45, 2.75) is 31.6 Å². The molecule has 0 aliphatic heterocycles. The van der Waals surface area contributed by atoms with E-state index >= 15 is 0 Å². The molecule has 0 heterocycles. The fraction of sp³-hybridized carbons (Fsp3) is 0.600. The van der Waals surface area contributed by atoms with Crippen LogP contribution >= 0.6 is 15.9 Å². The van der Waals surface area contributed by atoms with Crippen molar-refractivity contribution in [3.8, 4) is 11.5 Å². The van der Waals surface area contributed by atoms with Gasteiger partial charge >= 0.3 is 0 Å². The van der Waals surface area contributed by atoms with Crippen molar-refractivity contribution >= 4 is 15.9 Å². The Morgan fingerprint density at radius 1 is 1.22 bits per heavy atom. The van der Waals surface area contributed by atoms with Crippen molar-refractivity contribution in [1.82, 2.24) is 0 Å². The summed E-state index contributed by atoms with van der Waals surface area (Å²) in [7, 11) is 3.45. The molecule has 0 radical (unpaired) electrons. The molecule has 1 atom stereocenters. The maximum atomic E-state index is 5.51. The summed E-state index contributed by atoms with van der Waals surface area (Å²) in [5, 5.41) is 0.987. The number of hydrogen-bond donors (Lipinski definition) is 0. The predicted molar refractivity (Wildman–Crippen MR) is 78.0 cm³/mol. The van der Waals surface area contributed by atoms with Gasteiger partial charge in [0.25, 0.3) is 0 Å². The maximum Gasteiger partial charge on any atom is 0.122 e. The molecule has 0 spiro atoms. The van der Waals surface area contributed by atoms with Gasteiger partial charge in [-0.25, -0.2) is 0 Å². The lowest BCUT2D eigenvalue weighted by Crippen LogP contribution is -2.12. The molecule has 1 aliphatic rings. The lowest BCUT2D eigenvalue weighted by molar-refractivity contribution is 0.383. The van der Waals surface area contributed by atoms with Gasteiger partial charge in [0, 0.05) is 16.8 Å². The SMILES string of the molecule is COc1ccc(OC)c(C(CBr)C2CCCC2)c1. The largest absolute Gasteiger partial charge is 0.497 e. The summed E-state index contributed by atoms with van der Waals surface area (Å²) in [5.41, 5.74) is 1.28. The molecule has 1 aromatic rings. The molecule has 0 aromatic heterocycles. The van der Waals surface area contributed by atoms with Crippen LogP contribution in [0.5, 0.6) is 11.5 Å². The molecule has 1 fully saturated rings. The summed E-state index contributed by atoms with van der Waals surface area (Å²) < 4.78 is 10.9. The second-order valence-corrected chi connectivity index (χ2v) is 5.56. The topological polar surface area (TPSA) is 18.5 Å². The third kappa shape index (κ3) is 2.82. The Balaban J connectivity index is 2.32. The van der Waals surface area contributed by atoms with E-state index in [1.54, 1.807) is 14.2 Å². The maximum absolute atomic E-state index is 5.51. The third-order valence-corrected chi connectivity index (χ3v) is 4.67. The first kappa shape index (κ1) is 13.7. The van der Waals surface area contributed by atoms with E-state index in [9.17, 15) is 0 Å². The van der Waals surface area contributed by atoms with Crippen molar-refractivity contribution in [2.75, 3.05) is 19.5 Å². The van der Waals surface area contributed by atoms with Crippen LogP contribution in [0.1, 0.15) is 37.2 Å². The summed E-state index contributed by atoms with van der Waals surface area (Å²) in [5.74, 6) is 3.19. The Labute approximate surface area is 118 Å². The van der Waals surface area contributed by atoms with E-state index in [0.717, 1.165) is 22.7 Å².